The SMILES string of the molecule is CCCNc1cccc(CN(C)Cc2cccc(C)c2)n1. The summed E-state index contributed by atoms with van der Waals surface area (Å²) in [6, 6.07) is 14.9. The predicted octanol–water partition coefficient (Wildman–Crippen LogP) is 3.84. The molecule has 0 fully saturated rings. The third-order valence-electron chi connectivity index (χ3n) is 3.33. The number of rotatable bonds is 7. The molecule has 1 N–H and O–H groups in total. The lowest BCUT2D eigenvalue weighted by molar-refractivity contribution is 0.315. The summed E-state index contributed by atoms with van der Waals surface area (Å²) in [5.74, 6) is 0.971. The Bertz CT molecular complexity index is 566. The van der Waals surface area contributed by atoms with Gasteiger partial charge in [0.25, 0.3) is 0 Å². The number of pyridine rings is 1. The zero-order valence-electron chi connectivity index (χ0n) is 13.3. The van der Waals surface area contributed by atoms with Crippen LogP contribution in [0.25, 0.3) is 0 Å². The first-order valence-electron chi connectivity index (χ1n) is 7.61. The van der Waals surface area contributed by atoms with E-state index in [2.05, 4.69) is 72.5 Å². The molecule has 1 aromatic heterocycles. The second kappa shape index (κ2) is 7.79. The molecule has 0 saturated heterocycles. The lowest BCUT2D eigenvalue weighted by Gasteiger charge is -2.17. The van der Waals surface area contributed by atoms with Crippen molar-refractivity contribution >= 4 is 5.82 Å². The molecule has 0 spiro atoms. The van der Waals surface area contributed by atoms with Gasteiger partial charge in [-0.05, 0) is 38.1 Å². The van der Waals surface area contributed by atoms with Gasteiger partial charge in [0.1, 0.15) is 5.82 Å². The van der Waals surface area contributed by atoms with Crippen LogP contribution in [0, 0.1) is 6.92 Å². The van der Waals surface area contributed by atoms with Crippen LogP contribution in [0.15, 0.2) is 42.5 Å². The van der Waals surface area contributed by atoms with E-state index in [1.165, 1.54) is 11.1 Å². The number of aryl methyl sites for hydroxylation is 1. The number of aromatic nitrogens is 1. The molecular formula is C18H25N3. The summed E-state index contributed by atoms with van der Waals surface area (Å²) < 4.78 is 0. The molecular weight excluding hydrogens is 258 g/mol. The van der Waals surface area contributed by atoms with Crippen LogP contribution < -0.4 is 5.32 Å². The van der Waals surface area contributed by atoms with Crippen molar-refractivity contribution < 1.29 is 0 Å². The molecule has 0 bridgehead atoms. The zero-order valence-corrected chi connectivity index (χ0v) is 13.3. The van der Waals surface area contributed by atoms with Crippen molar-refractivity contribution in [1.82, 2.24) is 9.88 Å². The van der Waals surface area contributed by atoms with Gasteiger partial charge in [-0.1, -0.05) is 42.8 Å². The fourth-order valence-electron chi connectivity index (χ4n) is 2.37. The molecule has 0 saturated carbocycles. The lowest BCUT2D eigenvalue weighted by Crippen LogP contribution is -2.18. The van der Waals surface area contributed by atoms with Gasteiger partial charge < -0.3 is 5.32 Å². The number of nitrogens with one attached hydrogen (secondary N) is 1. The topological polar surface area (TPSA) is 28.2 Å². The van der Waals surface area contributed by atoms with E-state index in [4.69, 9.17) is 0 Å². The summed E-state index contributed by atoms with van der Waals surface area (Å²) >= 11 is 0. The zero-order chi connectivity index (χ0) is 15.1. The van der Waals surface area contributed by atoms with E-state index in [9.17, 15) is 0 Å². The van der Waals surface area contributed by atoms with Gasteiger partial charge in [0.2, 0.25) is 0 Å². The van der Waals surface area contributed by atoms with Crippen molar-refractivity contribution in [2.45, 2.75) is 33.4 Å². The van der Waals surface area contributed by atoms with Gasteiger partial charge in [0.15, 0.2) is 0 Å². The number of hydrogen-bond donors (Lipinski definition) is 1. The fraction of sp³-hybridized carbons (Fsp3) is 0.389. The van der Waals surface area contributed by atoms with Crippen molar-refractivity contribution in [3.8, 4) is 0 Å². The highest BCUT2D eigenvalue weighted by Crippen LogP contribution is 2.10. The van der Waals surface area contributed by atoms with E-state index >= 15 is 0 Å². The van der Waals surface area contributed by atoms with Gasteiger partial charge in [-0.25, -0.2) is 4.98 Å². The molecule has 0 aliphatic carbocycles. The van der Waals surface area contributed by atoms with Crippen LogP contribution in [0.3, 0.4) is 0 Å². The van der Waals surface area contributed by atoms with Gasteiger partial charge in [-0.2, -0.15) is 0 Å². The average molecular weight is 283 g/mol. The lowest BCUT2D eigenvalue weighted by atomic mass is 10.1. The smallest absolute Gasteiger partial charge is 0.126 e. The minimum atomic E-state index is 0.857. The highest BCUT2D eigenvalue weighted by Gasteiger charge is 2.04. The fourth-order valence-corrected chi connectivity index (χ4v) is 2.37. The second-order valence-electron chi connectivity index (χ2n) is 5.60. The van der Waals surface area contributed by atoms with Crippen LogP contribution in [-0.2, 0) is 13.1 Å². The normalized spacial score (nSPS) is 10.9. The summed E-state index contributed by atoms with van der Waals surface area (Å²) in [5, 5.41) is 3.34. The Morgan fingerprint density at radius 3 is 2.67 bits per heavy atom. The van der Waals surface area contributed by atoms with Gasteiger partial charge in [0.05, 0.1) is 5.69 Å². The Balaban J connectivity index is 1.94. The molecule has 0 aliphatic rings. The molecule has 3 heteroatoms. The van der Waals surface area contributed by atoms with E-state index in [1.54, 1.807) is 0 Å². The number of anilines is 1. The highest BCUT2D eigenvalue weighted by atomic mass is 15.1. The van der Waals surface area contributed by atoms with Crippen LogP contribution >= 0.6 is 0 Å². The molecule has 21 heavy (non-hydrogen) atoms. The van der Waals surface area contributed by atoms with Gasteiger partial charge in [0, 0.05) is 19.6 Å². The first kappa shape index (κ1) is 15.5. The van der Waals surface area contributed by atoms with Crippen LogP contribution in [0.5, 0.6) is 0 Å². The minimum absolute atomic E-state index is 0.857. The minimum Gasteiger partial charge on any atom is -0.370 e. The molecule has 112 valence electrons. The van der Waals surface area contributed by atoms with Crippen molar-refractivity contribution in [1.29, 1.82) is 0 Å². The third-order valence-corrected chi connectivity index (χ3v) is 3.33. The highest BCUT2D eigenvalue weighted by molar-refractivity contribution is 5.35. The number of benzene rings is 1. The Labute approximate surface area is 128 Å². The summed E-state index contributed by atoms with van der Waals surface area (Å²) in [6.45, 7) is 7.06. The molecule has 0 radical (unpaired) electrons. The summed E-state index contributed by atoms with van der Waals surface area (Å²) in [6.07, 6.45) is 1.11. The first-order valence-corrected chi connectivity index (χ1v) is 7.61. The molecule has 1 heterocycles. The molecule has 0 unspecified atom stereocenters. The van der Waals surface area contributed by atoms with Crippen molar-refractivity contribution in [3.05, 3.63) is 59.3 Å². The summed E-state index contributed by atoms with van der Waals surface area (Å²) in [7, 11) is 2.14. The van der Waals surface area contributed by atoms with Crippen LogP contribution in [-0.4, -0.2) is 23.5 Å². The van der Waals surface area contributed by atoms with Crippen LogP contribution in [0.1, 0.15) is 30.2 Å². The van der Waals surface area contributed by atoms with E-state index in [1.807, 2.05) is 6.07 Å². The van der Waals surface area contributed by atoms with Crippen molar-refractivity contribution in [2.75, 3.05) is 18.9 Å². The monoisotopic (exact) mass is 283 g/mol. The third kappa shape index (κ3) is 5.20. The Hall–Kier alpha value is -1.87. The van der Waals surface area contributed by atoms with E-state index < -0.39 is 0 Å². The molecule has 0 atom stereocenters. The van der Waals surface area contributed by atoms with E-state index in [0.717, 1.165) is 37.6 Å². The Morgan fingerprint density at radius 2 is 1.90 bits per heavy atom. The van der Waals surface area contributed by atoms with E-state index in [-0.39, 0.29) is 0 Å². The molecule has 3 nitrogen and oxygen atoms in total. The van der Waals surface area contributed by atoms with Crippen molar-refractivity contribution in [3.63, 3.8) is 0 Å². The quantitative estimate of drug-likeness (QED) is 0.836. The van der Waals surface area contributed by atoms with Crippen molar-refractivity contribution in [2.24, 2.45) is 0 Å². The van der Waals surface area contributed by atoms with Crippen LogP contribution in [0.4, 0.5) is 5.82 Å². The maximum atomic E-state index is 4.66. The van der Waals surface area contributed by atoms with E-state index in [0.29, 0.717) is 0 Å². The second-order valence-corrected chi connectivity index (χ2v) is 5.60. The van der Waals surface area contributed by atoms with Gasteiger partial charge in [-0.3, -0.25) is 4.90 Å². The standard InChI is InChI=1S/C18H25N3/c1-4-11-19-18-10-6-9-17(20-18)14-21(3)13-16-8-5-7-15(2)12-16/h5-10,12H,4,11,13-14H2,1-3H3,(H,19,20). The summed E-state index contributed by atoms with van der Waals surface area (Å²) in [5.41, 5.74) is 3.76. The molecule has 0 aliphatic heterocycles. The maximum Gasteiger partial charge on any atom is 0.126 e. The van der Waals surface area contributed by atoms with Gasteiger partial charge in [-0.15, -0.1) is 0 Å². The average Bonchev–Trinajstić information content (AvgIpc) is 2.45. The maximum absolute atomic E-state index is 4.66. The Morgan fingerprint density at radius 1 is 1.10 bits per heavy atom. The van der Waals surface area contributed by atoms with Crippen LogP contribution in [0.2, 0.25) is 0 Å². The number of hydrogen-bond acceptors (Lipinski definition) is 3. The molecule has 0 amide bonds. The molecule has 1 aromatic carbocycles. The molecule has 2 rings (SSSR count). The first-order chi connectivity index (χ1) is 10.2. The Kier molecular flexibility index (Phi) is 5.76. The predicted molar refractivity (Wildman–Crippen MR) is 89.4 cm³/mol. The molecule has 2 aromatic rings. The summed E-state index contributed by atoms with van der Waals surface area (Å²) in [4.78, 5) is 6.95. The van der Waals surface area contributed by atoms with Gasteiger partial charge >= 0.3 is 0 Å². The number of nitrogens with zero attached hydrogens (tertiary/aromatic N) is 2. The largest absolute Gasteiger partial charge is 0.370 e.